The third-order valence-electron chi connectivity index (χ3n) is 2.52. The fourth-order valence-electron chi connectivity index (χ4n) is 1.74. The van der Waals surface area contributed by atoms with Gasteiger partial charge in [-0.3, -0.25) is 0 Å². The first-order valence-electron chi connectivity index (χ1n) is 5.32. The van der Waals surface area contributed by atoms with Gasteiger partial charge in [0.15, 0.2) is 0 Å². The molecule has 0 spiro atoms. The van der Waals surface area contributed by atoms with E-state index in [0.29, 0.717) is 0 Å². The van der Waals surface area contributed by atoms with Crippen molar-refractivity contribution < 1.29 is 0 Å². The molecule has 1 nitrogen and oxygen atoms in total. The lowest BCUT2D eigenvalue weighted by Crippen LogP contribution is -2.31. The molecule has 0 aliphatic rings. The van der Waals surface area contributed by atoms with E-state index >= 15 is 0 Å². The van der Waals surface area contributed by atoms with E-state index in [1.165, 1.54) is 25.1 Å². The first kappa shape index (κ1) is 12.9. The van der Waals surface area contributed by atoms with Gasteiger partial charge in [0.2, 0.25) is 0 Å². The van der Waals surface area contributed by atoms with Gasteiger partial charge >= 0.3 is 0 Å². The van der Waals surface area contributed by atoms with Gasteiger partial charge in [-0.25, -0.2) is 0 Å². The summed E-state index contributed by atoms with van der Waals surface area (Å²) in [6, 6.07) is 2.84. The van der Waals surface area contributed by atoms with E-state index in [0.717, 1.165) is 0 Å². The molecule has 0 saturated carbocycles. The fourth-order valence-corrected chi connectivity index (χ4v) is 5.23. The summed E-state index contributed by atoms with van der Waals surface area (Å²) in [6.07, 6.45) is 3.58. The molecule has 0 aromatic rings. The van der Waals surface area contributed by atoms with Gasteiger partial charge in [0.1, 0.15) is 0 Å². The molecule has 0 aliphatic carbocycles. The van der Waals surface area contributed by atoms with Crippen molar-refractivity contribution in [2.45, 2.75) is 38.9 Å². The van der Waals surface area contributed by atoms with E-state index in [-0.39, 0.29) is 0 Å². The highest BCUT2D eigenvalue weighted by atomic mass is 28.3. The zero-order valence-electron chi connectivity index (χ0n) is 9.93. The minimum atomic E-state index is -1.03. The Kier molecular flexibility index (Phi) is 6.34. The van der Waals surface area contributed by atoms with Crippen molar-refractivity contribution in [2.75, 3.05) is 20.6 Å². The third-order valence-corrected chi connectivity index (χ3v) is 6.67. The second-order valence-corrected chi connectivity index (χ2v) is 9.10. The van der Waals surface area contributed by atoms with Crippen LogP contribution in [0.2, 0.25) is 18.6 Å². The molecule has 0 radical (unpaired) electrons. The molecule has 0 N–H and O–H groups in total. The van der Waals surface area contributed by atoms with Crippen molar-refractivity contribution >= 4 is 8.07 Å². The van der Waals surface area contributed by atoms with E-state index < -0.39 is 8.07 Å². The molecule has 1 atom stereocenters. The van der Waals surface area contributed by atoms with Crippen molar-refractivity contribution in [2.24, 2.45) is 0 Å². The van der Waals surface area contributed by atoms with Gasteiger partial charge in [-0.05, 0) is 33.6 Å². The number of nitrogens with zero attached hydrogens (tertiary/aromatic N) is 1. The molecule has 0 aliphatic heterocycles. The molecule has 1 unspecified atom stereocenters. The lowest BCUT2D eigenvalue weighted by molar-refractivity contribution is 0.431. The first-order valence-corrected chi connectivity index (χ1v) is 8.32. The highest BCUT2D eigenvalue weighted by Crippen LogP contribution is 2.19. The third kappa shape index (κ3) is 6.05. The molecule has 2 heteroatoms. The van der Waals surface area contributed by atoms with Crippen LogP contribution in [0.3, 0.4) is 0 Å². The quantitative estimate of drug-likeness (QED) is 0.594. The zero-order chi connectivity index (χ0) is 10.3. The molecule has 0 fully saturated rings. The van der Waals surface area contributed by atoms with E-state index in [1.54, 1.807) is 0 Å². The summed E-state index contributed by atoms with van der Waals surface area (Å²) in [5.74, 6) is 0. The fraction of sp³-hybridized carbons (Fsp3) is 0.818. The second-order valence-electron chi connectivity index (χ2n) is 4.46. The minimum Gasteiger partial charge on any atom is -0.310 e. The van der Waals surface area contributed by atoms with Crippen LogP contribution in [0.15, 0.2) is 11.8 Å². The van der Waals surface area contributed by atoms with Gasteiger partial charge < -0.3 is 4.90 Å². The summed E-state index contributed by atoms with van der Waals surface area (Å²) in [5, 5.41) is 0. The van der Waals surface area contributed by atoms with Crippen LogP contribution in [0.5, 0.6) is 0 Å². The molecule has 0 amide bonds. The zero-order valence-corrected chi connectivity index (χ0v) is 10.9. The van der Waals surface area contributed by atoms with Crippen molar-refractivity contribution in [1.82, 2.24) is 4.90 Å². The molecule has 0 heterocycles. The minimum absolute atomic E-state index is 1.03. The SMILES string of the molecule is CC=C[Si](C)(CCC)CCN(C)C. The van der Waals surface area contributed by atoms with E-state index in [1.807, 2.05) is 0 Å². The van der Waals surface area contributed by atoms with E-state index in [2.05, 4.69) is 51.2 Å². The van der Waals surface area contributed by atoms with Crippen LogP contribution >= 0.6 is 0 Å². The Bertz CT molecular complexity index is 154. The maximum Gasteiger partial charge on any atom is 0.0755 e. The van der Waals surface area contributed by atoms with Crippen molar-refractivity contribution in [1.29, 1.82) is 0 Å². The van der Waals surface area contributed by atoms with Gasteiger partial charge in [0.25, 0.3) is 0 Å². The number of hydrogen-bond acceptors (Lipinski definition) is 1. The number of rotatable bonds is 6. The average molecular weight is 199 g/mol. The summed E-state index contributed by atoms with van der Waals surface area (Å²) in [6.45, 7) is 8.19. The van der Waals surface area contributed by atoms with Crippen molar-refractivity contribution in [3.63, 3.8) is 0 Å². The molecular weight excluding hydrogens is 174 g/mol. The van der Waals surface area contributed by atoms with E-state index in [9.17, 15) is 0 Å². The molecule has 0 rings (SSSR count). The van der Waals surface area contributed by atoms with Gasteiger partial charge in [0, 0.05) is 0 Å². The largest absolute Gasteiger partial charge is 0.310 e. The van der Waals surface area contributed by atoms with Crippen LogP contribution in [0.25, 0.3) is 0 Å². The molecular formula is C11H25NSi. The summed E-state index contributed by atoms with van der Waals surface area (Å²) < 4.78 is 0. The molecule has 0 bridgehead atoms. The Hall–Kier alpha value is -0.0831. The summed E-state index contributed by atoms with van der Waals surface area (Å²) in [7, 11) is 3.29. The predicted octanol–water partition coefficient (Wildman–Crippen LogP) is 3.15. The van der Waals surface area contributed by atoms with Gasteiger partial charge in [-0.15, -0.1) is 0 Å². The first-order chi connectivity index (χ1) is 6.04. The summed E-state index contributed by atoms with van der Waals surface area (Å²) >= 11 is 0. The second kappa shape index (κ2) is 6.38. The predicted molar refractivity (Wildman–Crippen MR) is 64.9 cm³/mol. The Morgan fingerprint density at radius 2 is 1.85 bits per heavy atom. The normalized spacial score (nSPS) is 16.8. The summed E-state index contributed by atoms with van der Waals surface area (Å²) in [5.41, 5.74) is 2.50. The highest BCUT2D eigenvalue weighted by molar-refractivity contribution is 6.83. The van der Waals surface area contributed by atoms with Gasteiger partial charge in [-0.2, -0.15) is 0 Å². The Morgan fingerprint density at radius 1 is 1.23 bits per heavy atom. The topological polar surface area (TPSA) is 3.24 Å². The maximum absolute atomic E-state index is 2.50. The van der Waals surface area contributed by atoms with Gasteiger partial charge in [-0.1, -0.05) is 37.7 Å². The summed E-state index contributed by atoms with van der Waals surface area (Å²) in [4.78, 5) is 2.30. The number of allylic oxidation sites excluding steroid dienone is 1. The van der Waals surface area contributed by atoms with Crippen LogP contribution in [0.4, 0.5) is 0 Å². The van der Waals surface area contributed by atoms with Crippen LogP contribution in [-0.2, 0) is 0 Å². The smallest absolute Gasteiger partial charge is 0.0755 e. The average Bonchev–Trinajstić information content (AvgIpc) is 2.02. The lowest BCUT2D eigenvalue weighted by Gasteiger charge is -2.24. The highest BCUT2D eigenvalue weighted by Gasteiger charge is 2.21. The van der Waals surface area contributed by atoms with E-state index in [4.69, 9.17) is 0 Å². The Balaban J connectivity index is 4.07. The Labute approximate surface area is 84.8 Å². The maximum atomic E-state index is 2.50. The van der Waals surface area contributed by atoms with Crippen LogP contribution in [0.1, 0.15) is 20.3 Å². The molecule has 0 aromatic carbocycles. The van der Waals surface area contributed by atoms with Crippen LogP contribution in [-0.4, -0.2) is 33.6 Å². The van der Waals surface area contributed by atoms with Crippen LogP contribution in [0, 0.1) is 0 Å². The van der Waals surface area contributed by atoms with Crippen LogP contribution < -0.4 is 0 Å². The van der Waals surface area contributed by atoms with Crippen molar-refractivity contribution in [3.05, 3.63) is 11.8 Å². The molecule has 0 aromatic heterocycles. The monoisotopic (exact) mass is 199 g/mol. The molecule has 0 saturated heterocycles. The molecule has 78 valence electrons. The molecule has 13 heavy (non-hydrogen) atoms. The van der Waals surface area contributed by atoms with Gasteiger partial charge in [0.05, 0.1) is 8.07 Å². The Morgan fingerprint density at radius 3 is 2.23 bits per heavy atom. The lowest BCUT2D eigenvalue weighted by atomic mass is 10.6. The standard InChI is InChI=1S/C11H25NSi/c1-6-9-13(5,10-7-2)11-8-12(3)4/h6,9H,7-8,10-11H2,1-5H3. The van der Waals surface area contributed by atoms with Crippen molar-refractivity contribution in [3.8, 4) is 0 Å². The number of hydrogen-bond donors (Lipinski definition) is 0.